The summed E-state index contributed by atoms with van der Waals surface area (Å²) in [5.41, 5.74) is 1.16. The van der Waals surface area contributed by atoms with Crippen molar-refractivity contribution in [2.24, 2.45) is 17.8 Å². The summed E-state index contributed by atoms with van der Waals surface area (Å²) in [4.78, 5) is 40.3. The van der Waals surface area contributed by atoms with Crippen LogP contribution >= 0.6 is 0 Å². The van der Waals surface area contributed by atoms with E-state index >= 15 is 0 Å². The van der Waals surface area contributed by atoms with E-state index in [4.69, 9.17) is 4.74 Å². The van der Waals surface area contributed by atoms with E-state index in [1.54, 1.807) is 18.3 Å². The van der Waals surface area contributed by atoms with Crippen LogP contribution in [0.25, 0.3) is 0 Å². The largest absolute Gasteiger partial charge is 0.469 e. The zero-order chi connectivity index (χ0) is 20.4. The predicted molar refractivity (Wildman–Crippen MR) is 106 cm³/mol. The van der Waals surface area contributed by atoms with E-state index in [2.05, 4.69) is 15.6 Å². The second-order valence-corrected chi connectivity index (χ2v) is 7.74. The monoisotopic (exact) mass is 396 g/mol. The number of carbonyl (C=O) groups is 2. The maximum Gasteiger partial charge on any atom is 0.347 e. The highest BCUT2D eigenvalue weighted by Gasteiger charge is 2.52. The average molecular weight is 396 g/mol. The van der Waals surface area contributed by atoms with E-state index in [-0.39, 0.29) is 29.6 Å². The number of carbonyl (C=O) groups excluding carboxylic acids is 2. The van der Waals surface area contributed by atoms with Crippen molar-refractivity contribution in [2.75, 3.05) is 12.4 Å². The molecule has 8 heteroatoms. The minimum Gasteiger partial charge on any atom is -0.469 e. The molecule has 152 valence electrons. The number of ether oxygens (including phenoxy) is 1. The highest BCUT2D eigenvalue weighted by molar-refractivity contribution is 5.90. The first-order valence-electron chi connectivity index (χ1n) is 9.81. The van der Waals surface area contributed by atoms with Crippen molar-refractivity contribution in [1.82, 2.24) is 14.9 Å². The quantitative estimate of drug-likeness (QED) is 0.753. The van der Waals surface area contributed by atoms with Gasteiger partial charge in [0.15, 0.2) is 0 Å². The van der Waals surface area contributed by atoms with Crippen LogP contribution in [0.5, 0.6) is 0 Å². The summed E-state index contributed by atoms with van der Waals surface area (Å²) < 4.78 is 6.45. The van der Waals surface area contributed by atoms with Gasteiger partial charge in [-0.15, -0.1) is 0 Å². The molecule has 1 heterocycles. The smallest absolute Gasteiger partial charge is 0.347 e. The molecule has 8 nitrogen and oxygen atoms in total. The van der Waals surface area contributed by atoms with Crippen LogP contribution in [-0.4, -0.2) is 34.7 Å². The maximum atomic E-state index is 12.6. The molecular weight excluding hydrogens is 372 g/mol. The lowest BCUT2D eigenvalue weighted by atomic mass is 9.84. The van der Waals surface area contributed by atoms with Gasteiger partial charge in [-0.1, -0.05) is 12.1 Å². The Balaban J connectivity index is 1.42. The fourth-order valence-corrected chi connectivity index (χ4v) is 4.74. The molecule has 0 spiro atoms. The fraction of sp³-hybridized carbons (Fsp3) is 0.429. The predicted octanol–water partition coefficient (Wildman–Crippen LogP) is 2.00. The molecule has 2 aliphatic rings. The van der Waals surface area contributed by atoms with E-state index in [0.717, 1.165) is 24.8 Å². The van der Waals surface area contributed by atoms with Gasteiger partial charge in [-0.05, 0) is 54.9 Å². The van der Waals surface area contributed by atoms with E-state index in [1.807, 2.05) is 18.2 Å². The van der Waals surface area contributed by atoms with Crippen molar-refractivity contribution in [2.45, 2.75) is 31.8 Å². The van der Waals surface area contributed by atoms with Gasteiger partial charge in [-0.3, -0.25) is 9.36 Å². The maximum absolute atomic E-state index is 12.6. The zero-order valence-corrected chi connectivity index (χ0v) is 16.2. The van der Waals surface area contributed by atoms with Gasteiger partial charge >= 0.3 is 17.7 Å². The fourth-order valence-electron chi connectivity index (χ4n) is 4.74. The van der Waals surface area contributed by atoms with Crippen LogP contribution in [0.3, 0.4) is 0 Å². The lowest BCUT2D eigenvalue weighted by molar-refractivity contribution is -0.148. The van der Waals surface area contributed by atoms with Gasteiger partial charge in [0.25, 0.3) is 0 Å². The van der Waals surface area contributed by atoms with Crippen LogP contribution in [0.4, 0.5) is 10.5 Å². The van der Waals surface area contributed by atoms with Crippen LogP contribution in [0.2, 0.25) is 0 Å². The van der Waals surface area contributed by atoms with Gasteiger partial charge in [0.05, 0.1) is 19.6 Å². The molecular formula is C21H24N4O4. The van der Waals surface area contributed by atoms with Gasteiger partial charge in [-0.25, -0.2) is 14.6 Å². The Morgan fingerprint density at radius 2 is 2.07 bits per heavy atom. The third-order valence-electron chi connectivity index (χ3n) is 6.01. The van der Waals surface area contributed by atoms with Crippen molar-refractivity contribution in [1.29, 1.82) is 0 Å². The summed E-state index contributed by atoms with van der Waals surface area (Å²) in [6, 6.07) is 8.47. The summed E-state index contributed by atoms with van der Waals surface area (Å²) in [6.07, 6.45) is 6.13. The number of rotatable bonds is 5. The minimum atomic E-state index is -0.341. The lowest BCUT2D eigenvalue weighted by Crippen LogP contribution is -2.48. The molecule has 2 saturated carbocycles. The van der Waals surface area contributed by atoms with Gasteiger partial charge in [-0.2, -0.15) is 0 Å². The second-order valence-electron chi connectivity index (χ2n) is 7.74. The van der Waals surface area contributed by atoms with E-state index < -0.39 is 0 Å². The van der Waals surface area contributed by atoms with Crippen molar-refractivity contribution >= 4 is 17.7 Å². The van der Waals surface area contributed by atoms with Crippen molar-refractivity contribution in [3.8, 4) is 0 Å². The molecule has 0 unspecified atom stereocenters. The Morgan fingerprint density at radius 1 is 1.24 bits per heavy atom. The molecule has 1 aromatic heterocycles. The Bertz CT molecular complexity index is 973. The summed E-state index contributed by atoms with van der Waals surface area (Å²) in [5, 5.41) is 5.83. The number of methoxy groups -OCH3 is 1. The van der Waals surface area contributed by atoms with Crippen molar-refractivity contribution in [3.05, 3.63) is 58.8 Å². The summed E-state index contributed by atoms with van der Waals surface area (Å²) in [6.45, 7) is 0.362. The SMILES string of the molecule is COC(=O)[C@@H]1[C@H]2CC[C@@H](C2)[C@H]1NC(=O)Nc1cccc(Cn2cccnc2=O)c1. The highest BCUT2D eigenvalue weighted by Crippen LogP contribution is 2.48. The molecule has 2 bridgehead atoms. The zero-order valence-electron chi connectivity index (χ0n) is 16.2. The molecule has 2 N–H and O–H groups in total. The minimum absolute atomic E-state index is 0.196. The lowest BCUT2D eigenvalue weighted by Gasteiger charge is -2.29. The second kappa shape index (κ2) is 8.06. The molecule has 29 heavy (non-hydrogen) atoms. The van der Waals surface area contributed by atoms with Crippen molar-refractivity contribution < 1.29 is 14.3 Å². The Hall–Kier alpha value is -3.16. The number of benzene rings is 1. The molecule has 0 radical (unpaired) electrons. The van der Waals surface area contributed by atoms with E-state index in [0.29, 0.717) is 24.1 Å². The van der Waals surface area contributed by atoms with E-state index in [1.165, 1.54) is 17.9 Å². The first-order chi connectivity index (χ1) is 14.0. The number of anilines is 1. The summed E-state index contributed by atoms with van der Waals surface area (Å²) >= 11 is 0. The number of hydrogen-bond donors (Lipinski definition) is 2. The number of hydrogen-bond acceptors (Lipinski definition) is 5. The number of urea groups is 1. The van der Waals surface area contributed by atoms with Crippen LogP contribution in [0.15, 0.2) is 47.5 Å². The first-order valence-corrected chi connectivity index (χ1v) is 9.81. The average Bonchev–Trinajstić information content (AvgIpc) is 3.31. The van der Waals surface area contributed by atoms with Crippen molar-refractivity contribution in [3.63, 3.8) is 0 Å². The number of aromatic nitrogens is 2. The van der Waals surface area contributed by atoms with Gasteiger partial charge < -0.3 is 15.4 Å². The number of esters is 1. The Kier molecular flexibility index (Phi) is 5.33. The van der Waals surface area contributed by atoms with Crippen LogP contribution < -0.4 is 16.3 Å². The van der Waals surface area contributed by atoms with Crippen LogP contribution in [0, 0.1) is 17.8 Å². The van der Waals surface area contributed by atoms with Crippen LogP contribution in [-0.2, 0) is 16.1 Å². The molecule has 0 aliphatic heterocycles. The first kappa shape index (κ1) is 19.2. The molecule has 1 aromatic carbocycles. The van der Waals surface area contributed by atoms with Gasteiger partial charge in [0.2, 0.25) is 0 Å². The summed E-state index contributed by atoms with van der Waals surface area (Å²) in [5.74, 6) is 0.0946. The molecule has 2 amide bonds. The standard InChI is InChI=1S/C21H24N4O4/c1-29-19(26)17-14-6-7-15(11-14)18(17)24-20(27)23-16-5-2-4-13(10-16)12-25-9-3-8-22-21(25)28/h2-5,8-10,14-15,17-18H,6-7,11-12H2,1H3,(H2,23,24,27)/t14-,15-,17+,18+/m0/s1. The van der Waals surface area contributed by atoms with Crippen LogP contribution in [0.1, 0.15) is 24.8 Å². The van der Waals surface area contributed by atoms with Gasteiger partial charge in [0.1, 0.15) is 0 Å². The highest BCUT2D eigenvalue weighted by atomic mass is 16.5. The third kappa shape index (κ3) is 4.01. The number of nitrogens with one attached hydrogen (secondary N) is 2. The molecule has 2 aromatic rings. The Labute approximate surface area is 168 Å². The summed E-state index contributed by atoms with van der Waals surface area (Å²) in [7, 11) is 1.39. The number of nitrogens with zero attached hydrogens (tertiary/aromatic N) is 2. The van der Waals surface area contributed by atoms with E-state index in [9.17, 15) is 14.4 Å². The molecule has 2 aliphatic carbocycles. The molecule has 4 atom stereocenters. The molecule has 2 fully saturated rings. The third-order valence-corrected chi connectivity index (χ3v) is 6.01. The topological polar surface area (TPSA) is 102 Å². The number of amides is 2. The normalized spacial score (nSPS) is 24.9. The molecule has 4 rings (SSSR count). The molecule has 0 saturated heterocycles. The van der Waals surface area contributed by atoms with Gasteiger partial charge in [0, 0.05) is 24.1 Å². The Morgan fingerprint density at radius 3 is 2.86 bits per heavy atom. The number of fused-ring (bicyclic) bond motifs is 2.